The Morgan fingerprint density at radius 3 is 2.81 bits per heavy atom. The molecule has 1 saturated carbocycles. The van der Waals surface area contributed by atoms with Gasteiger partial charge in [0, 0.05) is 23.7 Å². The monoisotopic (exact) mass is 369 g/mol. The number of unbranched alkanes of at least 4 members (excludes halogenated alkanes) is 2. The van der Waals surface area contributed by atoms with Crippen LogP contribution in [0.2, 0.25) is 0 Å². The summed E-state index contributed by atoms with van der Waals surface area (Å²) >= 11 is 0. The minimum Gasteiger partial charge on any atom is -0.508 e. The third kappa shape index (κ3) is 4.12. The molecular weight excluding hydrogens is 342 g/mol. The van der Waals surface area contributed by atoms with Crippen LogP contribution in [-0.2, 0) is 14.3 Å². The summed E-state index contributed by atoms with van der Waals surface area (Å²) in [5.74, 6) is -1.07. The predicted octanol–water partition coefficient (Wildman–Crippen LogP) is 4.31. The van der Waals surface area contributed by atoms with Crippen LogP contribution in [0.25, 0.3) is 0 Å². The number of carbonyl (C=O) groups excluding carboxylic acids is 2. The lowest BCUT2D eigenvalue weighted by atomic mass is 9.69. The van der Waals surface area contributed by atoms with Crippen LogP contribution in [-0.4, -0.2) is 29.2 Å². The Kier molecular flexibility index (Phi) is 6.09. The molecule has 1 aromatic carbocycles. The van der Waals surface area contributed by atoms with Crippen LogP contribution in [0.1, 0.15) is 63.9 Å². The maximum atomic E-state index is 12.9. The summed E-state index contributed by atoms with van der Waals surface area (Å²) < 4.78 is 5.51. The third-order valence-electron chi connectivity index (χ3n) is 5.34. The largest absolute Gasteiger partial charge is 0.508 e. The highest BCUT2D eigenvalue weighted by Crippen LogP contribution is 2.43. The van der Waals surface area contributed by atoms with Crippen molar-refractivity contribution < 1.29 is 19.4 Å². The molecule has 2 atom stereocenters. The number of allylic oxidation sites excluding steroid dienone is 1. The fourth-order valence-corrected chi connectivity index (χ4v) is 4.06. The van der Waals surface area contributed by atoms with Gasteiger partial charge >= 0.3 is 5.97 Å². The number of fused-ring (bicyclic) bond motifs is 1. The SMILES string of the molecule is CCCCCOC(=O)C1=C(C)N=C2CCCC(=O)[C@H]2[C@@H]1c1cccc(O)c1. The number of ether oxygens (including phenoxy) is 1. The topological polar surface area (TPSA) is 76.0 Å². The highest BCUT2D eigenvalue weighted by Gasteiger charge is 2.43. The minimum atomic E-state index is -0.448. The number of esters is 1. The van der Waals surface area contributed by atoms with Gasteiger partial charge in [-0.3, -0.25) is 9.79 Å². The first-order valence-electron chi connectivity index (χ1n) is 9.80. The molecule has 3 rings (SSSR count). The zero-order valence-electron chi connectivity index (χ0n) is 16.0. The molecule has 0 spiro atoms. The van der Waals surface area contributed by atoms with Crippen LogP contribution < -0.4 is 0 Å². The zero-order valence-corrected chi connectivity index (χ0v) is 16.0. The van der Waals surface area contributed by atoms with Gasteiger partial charge in [-0.05, 0) is 43.9 Å². The van der Waals surface area contributed by atoms with Crippen LogP contribution in [0, 0.1) is 5.92 Å². The van der Waals surface area contributed by atoms with Crippen molar-refractivity contribution in [3.63, 3.8) is 0 Å². The summed E-state index contributed by atoms with van der Waals surface area (Å²) in [6, 6.07) is 6.81. The highest BCUT2D eigenvalue weighted by molar-refractivity contribution is 6.11. The summed E-state index contributed by atoms with van der Waals surface area (Å²) in [7, 11) is 0. The van der Waals surface area contributed by atoms with Crippen molar-refractivity contribution in [1.29, 1.82) is 0 Å². The number of hydrogen-bond acceptors (Lipinski definition) is 5. The average molecular weight is 369 g/mol. The van der Waals surface area contributed by atoms with E-state index in [0.29, 0.717) is 24.3 Å². The molecule has 0 unspecified atom stereocenters. The maximum absolute atomic E-state index is 12.9. The number of benzene rings is 1. The van der Waals surface area contributed by atoms with E-state index in [4.69, 9.17) is 4.74 Å². The molecule has 5 heteroatoms. The molecule has 1 aliphatic heterocycles. The first kappa shape index (κ1) is 19.3. The lowest BCUT2D eigenvalue weighted by Gasteiger charge is -2.35. The van der Waals surface area contributed by atoms with E-state index < -0.39 is 17.8 Å². The third-order valence-corrected chi connectivity index (χ3v) is 5.34. The van der Waals surface area contributed by atoms with Gasteiger partial charge in [0.15, 0.2) is 0 Å². The number of aromatic hydroxyl groups is 1. The average Bonchev–Trinajstić information content (AvgIpc) is 2.64. The molecular formula is C22H27NO4. The van der Waals surface area contributed by atoms with Crippen LogP contribution in [0.15, 0.2) is 40.5 Å². The molecule has 27 heavy (non-hydrogen) atoms. The molecule has 0 aromatic heterocycles. The lowest BCUT2D eigenvalue weighted by Crippen LogP contribution is -2.39. The number of Topliss-reactive ketones (excluding diaryl/α,β-unsaturated/α-hetero) is 1. The van der Waals surface area contributed by atoms with Crippen LogP contribution >= 0.6 is 0 Å². The van der Waals surface area contributed by atoms with Gasteiger partial charge in [0.05, 0.1) is 18.1 Å². The fraction of sp³-hybridized carbons (Fsp3) is 0.500. The molecule has 5 nitrogen and oxygen atoms in total. The number of aliphatic imine (C=N–C) groups is 1. The first-order valence-corrected chi connectivity index (χ1v) is 9.80. The number of hydrogen-bond donors (Lipinski definition) is 1. The molecule has 144 valence electrons. The maximum Gasteiger partial charge on any atom is 0.336 e. The van der Waals surface area contributed by atoms with Gasteiger partial charge in [-0.25, -0.2) is 4.79 Å². The summed E-state index contributed by atoms with van der Waals surface area (Å²) in [6.07, 6.45) is 4.94. The number of phenols is 1. The highest BCUT2D eigenvalue weighted by atomic mass is 16.5. The van der Waals surface area contributed by atoms with E-state index in [1.54, 1.807) is 25.1 Å². The molecule has 2 aliphatic rings. The summed E-state index contributed by atoms with van der Waals surface area (Å²) in [4.78, 5) is 30.3. The van der Waals surface area contributed by atoms with E-state index in [9.17, 15) is 14.7 Å². The molecule has 1 heterocycles. The predicted molar refractivity (Wildman–Crippen MR) is 104 cm³/mol. The van der Waals surface area contributed by atoms with Gasteiger partial charge in [0.25, 0.3) is 0 Å². The van der Waals surface area contributed by atoms with Crippen molar-refractivity contribution in [1.82, 2.24) is 0 Å². The molecule has 0 saturated heterocycles. The lowest BCUT2D eigenvalue weighted by molar-refractivity contribution is -0.139. The molecule has 1 N–H and O–H groups in total. The van der Waals surface area contributed by atoms with Gasteiger partial charge in [-0.15, -0.1) is 0 Å². The number of carbonyl (C=O) groups is 2. The molecule has 1 aromatic rings. The van der Waals surface area contributed by atoms with E-state index in [-0.39, 0.29) is 11.5 Å². The van der Waals surface area contributed by atoms with Gasteiger partial charge in [-0.1, -0.05) is 31.9 Å². The van der Waals surface area contributed by atoms with E-state index >= 15 is 0 Å². The van der Waals surface area contributed by atoms with Crippen molar-refractivity contribution in [2.75, 3.05) is 6.61 Å². The minimum absolute atomic E-state index is 0.108. The van der Waals surface area contributed by atoms with E-state index in [1.165, 1.54) is 0 Å². The Morgan fingerprint density at radius 2 is 2.07 bits per heavy atom. The van der Waals surface area contributed by atoms with Crippen LogP contribution in [0.3, 0.4) is 0 Å². The standard InChI is InChI=1S/C22H27NO4/c1-3-4-5-12-27-22(26)19-14(2)23-17-10-7-11-18(25)21(17)20(19)15-8-6-9-16(24)13-15/h6,8-9,13,20-21,24H,3-5,7,10-12H2,1-2H3/t20-,21+/m1/s1. The van der Waals surface area contributed by atoms with Gasteiger partial charge < -0.3 is 9.84 Å². The molecule has 1 aliphatic carbocycles. The fourth-order valence-electron chi connectivity index (χ4n) is 4.06. The number of nitrogens with zero attached hydrogens (tertiary/aromatic N) is 1. The Balaban J connectivity index is 1.99. The number of ketones is 1. The second kappa shape index (κ2) is 8.51. The summed E-state index contributed by atoms with van der Waals surface area (Å²) in [5.41, 5.74) is 2.66. The Hall–Kier alpha value is -2.43. The Labute approximate surface area is 160 Å². The number of rotatable bonds is 6. The zero-order chi connectivity index (χ0) is 19.4. The van der Waals surface area contributed by atoms with Crippen molar-refractivity contribution >= 4 is 17.5 Å². The van der Waals surface area contributed by atoms with Gasteiger partial charge in [-0.2, -0.15) is 0 Å². The van der Waals surface area contributed by atoms with Gasteiger partial charge in [0.2, 0.25) is 0 Å². The first-order chi connectivity index (χ1) is 13.0. The molecule has 1 fully saturated rings. The second-order valence-electron chi connectivity index (χ2n) is 7.32. The Morgan fingerprint density at radius 1 is 1.26 bits per heavy atom. The van der Waals surface area contributed by atoms with Gasteiger partial charge in [0.1, 0.15) is 11.5 Å². The van der Waals surface area contributed by atoms with E-state index in [2.05, 4.69) is 11.9 Å². The molecule has 0 bridgehead atoms. The molecule has 0 amide bonds. The van der Waals surface area contributed by atoms with Crippen molar-refractivity contribution in [2.45, 2.75) is 58.3 Å². The van der Waals surface area contributed by atoms with Crippen molar-refractivity contribution in [3.8, 4) is 5.75 Å². The summed E-state index contributed by atoms with van der Waals surface area (Å²) in [6.45, 7) is 4.27. The summed E-state index contributed by atoms with van der Waals surface area (Å²) in [5, 5.41) is 9.95. The van der Waals surface area contributed by atoms with Crippen molar-refractivity contribution in [2.24, 2.45) is 10.9 Å². The normalized spacial score (nSPS) is 22.3. The second-order valence-corrected chi connectivity index (χ2v) is 7.32. The molecule has 0 radical (unpaired) electrons. The Bertz CT molecular complexity index is 793. The van der Waals surface area contributed by atoms with E-state index in [1.807, 2.05) is 6.07 Å². The number of phenolic OH excluding ortho intramolecular Hbond substituents is 1. The van der Waals surface area contributed by atoms with Crippen LogP contribution in [0.4, 0.5) is 0 Å². The van der Waals surface area contributed by atoms with E-state index in [0.717, 1.165) is 43.4 Å². The van der Waals surface area contributed by atoms with Crippen LogP contribution in [0.5, 0.6) is 5.75 Å². The smallest absolute Gasteiger partial charge is 0.336 e. The van der Waals surface area contributed by atoms with Crippen molar-refractivity contribution in [3.05, 3.63) is 41.1 Å². The quantitative estimate of drug-likeness (QED) is 0.599.